The highest BCUT2D eigenvalue weighted by molar-refractivity contribution is 5.93. The molecule has 120 valence electrons. The van der Waals surface area contributed by atoms with E-state index >= 15 is 0 Å². The number of hydrogen-bond acceptors (Lipinski definition) is 2. The largest absolute Gasteiger partial charge is 0.329 e. The lowest BCUT2D eigenvalue weighted by atomic mass is 9.98. The van der Waals surface area contributed by atoms with Gasteiger partial charge in [-0.3, -0.25) is 4.79 Å². The fraction of sp³-hybridized carbons (Fsp3) is 0.263. The van der Waals surface area contributed by atoms with Crippen molar-refractivity contribution in [3.63, 3.8) is 0 Å². The average Bonchev–Trinajstić information content (AvgIpc) is 3.39. The molecule has 5 heteroatoms. The second-order valence-corrected chi connectivity index (χ2v) is 6.22. The highest BCUT2D eigenvalue weighted by Crippen LogP contribution is 2.30. The Kier molecular flexibility index (Phi) is 3.58. The van der Waals surface area contributed by atoms with Crippen LogP contribution in [0.2, 0.25) is 0 Å². The van der Waals surface area contributed by atoms with Gasteiger partial charge in [-0.25, -0.2) is 4.79 Å². The molecule has 2 amide bonds. The Morgan fingerprint density at radius 1 is 1.12 bits per heavy atom. The molecule has 2 aromatic rings. The molecule has 0 saturated heterocycles. The van der Waals surface area contributed by atoms with E-state index in [2.05, 4.69) is 27.5 Å². The van der Waals surface area contributed by atoms with Gasteiger partial charge in [0.25, 0.3) is 5.56 Å². The molecule has 1 atom stereocenters. The first-order valence-corrected chi connectivity index (χ1v) is 8.07. The van der Waals surface area contributed by atoms with Crippen LogP contribution in [0.25, 0.3) is 0 Å². The molecule has 3 N–H and O–H groups in total. The molecule has 4 rings (SSSR count). The Hall–Kier alpha value is -3.00. The van der Waals surface area contributed by atoms with Crippen LogP contribution in [0.4, 0.5) is 10.5 Å². The Morgan fingerprint density at radius 2 is 2.00 bits per heavy atom. The maximum absolute atomic E-state index is 11.9. The van der Waals surface area contributed by atoms with Gasteiger partial charge in [-0.2, -0.15) is 0 Å². The minimum atomic E-state index is -0.275. The standard InChI is InChI=1S/C19H17N3O2/c23-18-14(2-1-9-20-18)10-13-5-7-15-16(8-6-12-3-4-12)21-19(24)22-17(15)11-13/h1-2,5,7,9,11-12,16H,3-4,10H2,(H,20,23)(H2,21,22,24)/t16-/m0/s1. The smallest absolute Gasteiger partial charge is 0.320 e. The third-order valence-electron chi connectivity index (χ3n) is 4.26. The number of pyridine rings is 1. The molecule has 24 heavy (non-hydrogen) atoms. The van der Waals surface area contributed by atoms with Gasteiger partial charge in [0.15, 0.2) is 0 Å². The number of carbonyl (C=O) groups excluding carboxylic acids is 1. The van der Waals surface area contributed by atoms with Crippen LogP contribution >= 0.6 is 0 Å². The van der Waals surface area contributed by atoms with E-state index in [1.165, 1.54) is 0 Å². The number of hydrogen-bond donors (Lipinski definition) is 3. The summed E-state index contributed by atoms with van der Waals surface area (Å²) in [5, 5.41) is 5.69. The van der Waals surface area contributed by atoms with Crippen molar-refractivity contribution in [2.45, 2.75) is 25.3 Å². The van der Waals surface area contributed by atoms with Crippen LogP contribution in [-0.2, 0) is 6.42 Å². The van der Waals surface area contributed by atoms with Crippen LogP contribution in [0, 0.1) is 17.8 Å². The highest BCUT2D eigenvalue weighted by Gasteiger charge is 2.24. The summed E-state index contributed by atoms with van der Waals surface area (Å²) in [5.41, 5.74) is 3.31. The number of fused-ring (bicyclic) bond motifs is 1. The van der Waals surface area contributed by atoms with Crippen LogP contribution in [0.15, 0.2) is 41.3 Å². The number of carbonyl (C=O) groups is 1. The van der Waals surface area contributed by atoms with Gasteiger partial charge in [0.05, 0.1) is 0 Å². The number of nitrogens with one attached hydrogen (secondary N) is 3. The van der Waals surface area contributed by atoms with Gasteiger partial charge >= 0.3 is 6.03 Å². The maximum atomic E-state index is 11.9. The van der Waals surface area contributed by atoms with Gasteiger partial charge in [-0.1, -0.05) is 30.0 Å². The first-order chi connectivity index (χ1) is 11.7. The number of benzene rings is 1. The number of H-pyrrole nitrogens is 1. The second kappa shape index (κ2) is 5.89. The first kappa shape index (κ1) is 14.6. The van der Waals surface area contributed by atoms with E-state index in [1.807, 2.05) is 30.3 Å². The average molecular weight is 319 g/mol. The molecule has 0 radical (unpaired) electrons. The van der Waals surface area contributed by atoms with Gasteiger partial charge in [-0.05, 0) is 30.5 Å². The van der Waals surface area contributed by atoms with E-state index in [9.17, 15) is 9.59 Å². The molecule has 0 bridgehead atoms. The molecule has 1 aromatic heterocycles. The summed E-state index contributed by atoms with van der Waals surface area (Å²) in [6.45, 7) is 0. The zero-order valence-corrected chi connectivity index (χ0v) is 13.1. The van der Waals surface area contributed by atoms with Crippen molar-refractivity contribution in [3.05, 3.63) is 63.6 Å². The summed E-state index contributed by atoms with van der Waals surface area (Å²) in [5.74, 6) is 6.87. The number of rotatable bonds is 2. The molecule has 5 nitrogen and oxygen atoms in total. The van der Waals surface area contributed by atoms with Gasteiger partial charge in [0.1, 0.15) is 6.04 Å². The maximum Gasteiger partial charge on any atom is 0.320 e. The highest BCUT2D eigenvalue weighted by atomic mass is 16.2. The summed E-state index contributed by atoms with van der Waals surface area (Å²) in [6, 6.07) is 8.98. The van der Waals surface area contributed by atoms with Crippen molar-refractivity contribution in [2.24, 2.45) is 5.92 Å². The Morgan fingerprint density at radius 3 is 2.79 bits per heavy atom. The van der Waals surface area contributed by atoms with Crippen LogP contribution in [0.3, 0.4) is 0 Å². The lowest BCUT2D eigenvalue weighted by Gasteiger charge is -2.24. The molecule has 2 aliphatic rings. The van der Waals surface area contributed by atoms with Crippen LogP contribution in [0.1, 0.15) is 35.6 Å². The number of aromatic amines is 1. The number of anilines is 1. The van der Waals surface area contributed by atoms with E-state index in [0.29, 0.717) is 17.9 Å². The van der Waals surface area contributed by atoms with Crippen LogP contribution in [-0.4, -0.2) is 11.0 Å². The fourth-order valence-electron chi connectivity index (χ4n) is 2.80. The predicted molar refractivity (Wildman–Crippen MR) is 91.7 cm³/mol. The first-order valence-electron chi connectivity index (χ1n) is 8.07. The molecule has 0 spiro atoms. The predicted octanol–water partition coefficient (Wildman–Crippen LogP) is 2.56. The third kappa shape index (κ3) is 3.04. The minimum Gasteiger partial charge on any atom is -0.329 e. The molecule has 1 aliphatic carbocycles. The van der Waals surface area contributed by atoms with Crippen molar-refractivity contribution in [2.75, 3.05) is 5.32 Å². The zero-order chi connectivity index (χ0) is 16.5. The van der Waals surface area contributed by atoms with Gasteiger partial charge < -0.3 is 15.6 Å². The molecule has 0 unspecified atom stereocenters. The molecule has 1 fully saturated rings. The summed E-state index contributed by atoms with van der Waals surface area (Å²) in [6.07, 6.45) is 4.45. The van der Waals surface area contributed by atoms with E-state index in [-0.39, 0.29) is 17.6 Å². The van der Waals surface area contributed by atoms with Gasteiger partial charge in [0, 0.05) is 35.3 Å². The van der Waals surface area contributed by atoms with Crippen molar-refractivity contribution in [3.8, 4) is 11.8 Å². The normalized spacial score (nSPS) is 18.7. The van der Waals surface area contributed by atoms with Crippen molar-refractivity contribution in [1.29, 1.82) is 0 Å². The quantitative estimate of drug-likeness (QED) is 0.744. The fourth-order valence-corrected chi connectivity index (χ4v) is 2.80. The molecule has 1 aromatic carbocycles. The van der Waals surface area contributed by atoms with E-state index in [1.54, 1.807) is 6.20 Å². The zero-order valence-electron chi connectivity index (χ0n) is 13.1. The lowest BCUT2D eigenvalue weighted by molar-refractivity contribution is 0.249. The number of amides is 2. The second-order valence-electron chi connectivity index (χ2n) is 6.22. The van der Waals surface area contributed by atoms with Crippen molar-refractivity contribution in [1.82, 2.24) is 10.3 Å². The molecule has 2 heterocycles. The summed E-state index contributed by atoms with van der Waals surface area (Å²) >= 11 is 0. The van der Waals surface area contributed by atoms with Gasteiger partial charge in [-0.15, -0.1) is 0 Å². The van der Waals surface area contributed by atoms with E-state index < -0.39 is 0 Å². The van der Waals surface area contributed by atoms with Gasteiger partial charge in [0.2, 0.25) is 0 Å². The van der Waals surface area contributed by atoms with Crippen molar-refractivity contribution >= 4 is 11.7 Å². The molecular formula is C19H17N3O2. The Labute approximate surface area is 139 Å². The topological polar surface area (TPSA) is 74.0 Å². The summed E-state index contributed by atoms with van der Waals surface area (Å²) in [4.78, 5) is 26.4. The third-order valence-corrected chi connectivity index (χ3v) is 4.26. The Bertz CT molecular complexity index is 916. The van der Waals surface area contributed by atoms with Crippen LogP contribution in [0.5, 0.6) is 0 Å². The SMILES string of the molecule is O=C1Nc2cc(Cc3ccc[nH]c3=O)ccc2[C@H](C#CC2CC2)N1. The summed E-state index contributed by atoms with van der Waals surface area (Å²) < 4.78 is 0. The molecule has 1 aliphatic heterocycles. The Balaban J connectivity index is 1.63. The van der Waals surface area contributed by atoms with Crippen LogP contribution < -0.4 is 16.2 Å². The van der Waals surface area contributed by atoms with Crippen molar-refractivity contribution < 1.29 is 4.79 Å². The number of aromatic nitrogens is 1. The monoisotopic (exact) mass is 319 g/mol. The number of urea groups is 1. The van der Waals surface area contributed by atoms with E-state index in [4.69, 9.17) is 0 Å². The van der Waals surface area contributed by atoms with E-state index in [0.717, 1.165) is 29.7 Å². The minimum absolute atomic E-state index is 0.0888. The summed E-state index contributed by atoms with van der Waals surface area (Å²) in [7, 11) is 0. The lowest BCUT2D eigenvalue weighted by Crippen LogP contribution is -2.37. The molecular weight excluding hydrogens is 302 g/mol. The molecule has 1 saturated carbocycles.